The molecular formula is C22H25ClN2. The lowest BCUT2D eigenvalue weighted by atomic mass is 10.00. The molecule has 1 aliphatic heterocycles. The molecular weight excluding hydrogens is 328 g/mol. The second kappa shape index (κ2) is 6.86. The molecule has 0 N–H and O–H groups in total. The molecule has 0 saturated heterocycles. The third-order valence-electron chi connectivity index (χ3n) is 5.59. The number of halogens is 1. The van der Waals surface area contributed by atoms with Crippen molar-refractivity contribution in [2.45, 2.75) is 45.3 Å². The molecule has 0 amide bonds. The van der Waals surface area contributed by atoms with E-state index < -0.39 is 0 Å². The van der Waals surface area contributed by atoms with E-state index in [2.05, 4.69) is 65.9 Å². The highest BCUT2D eigenvalue weighted by Crippen LogP contribution is 2.36. The normalized spacial score (nSPS) is 17.8. The summed E-state index contributed by atoms with van der Waals surface area (Å²) in [6.45, 7) is 4.36. The van der Waals surface area contributed by atoms with E-state index in [1.807, 2.05) is 6.07 Å². The highest BCUT2D eigenvalue weighted by molar-refractivity contribution is 6.35. The monoisotopic (exact) mass is 352 g/mol. The average Bonchev–Trinajstić information content (AvgIpc) is 2.91. The van der Waals surface area contributed by atoms with Crippen LogP contribution in [0.2, 0.25) is 5.02 Å². The van der Waals surface area contributed by atoms with Gasteiger partial charge in [-0.15, -0.1) is 0 Å². The van der Waals surface area contributed by atoms with Crippen molar-refractivity contribution in [2.75, 3.05) is 7.05 Å². The van der Waals surface area contributed by atoms with Crippen LogP contribution in [0.3, 0.4) is 0 Å². The zero-order valence-corrected chi connectivity index (χ0v) is 15.8. The molecule has 0 spiro atoms. The fourth-order valence-corrected chi connectivity index (χ4v) is 4.35. The summed E-state index contributed by atoms with van der Waals surface area (Å²) in [6.07, 6.45) is 3.34. The van der Waals surface area contributed by atoms with Crippen molar-refractivity contribution in [3.05, 3.63) is 70.4 Å². The third-order valence-corrected chi connectivity index (χ3v) is 5.90. The summed E-state index contributed by atoms with van der Waals surface area (Å²) in [5, 5.41) is 2.21. The van der Waals surface area contributed by atoms with Crippen molar-refractivity contribution in [3.8, 4) is 0 Å². The summed E-state index contributed by atoms with van der Waals surface area (Å²) in [5.41, 5.74) is 5.59. The molecule has 0 bridgehead atoms. The van der Waals surface area contributed by atoms with E-state index in [4.69, 9.17) is 11.6 Å². The van der Waals surface area contributed by atoms with Crippen LogP contribution in [0.25, 0.3) is 10.9 Å². The summed E-state index contributed by atoms with van der Waals surface area (Å²) in [4.78, 5) is 2.44. The van der Waals surface area contributed by atoms with Crippen LogP contribution in [0.1, 0.15) is 30.2 Å². The van der Waals surface area contributed by atoms with Gasteiger partial charge in [-0.05, 0) is 44.0 Å². The van der Waals surface area contributed by atoms with Crippen LogP contribution in [0, 0.1) is 0 Å². The lowest BCUT2D eigenvalue weighted by Gasteiger charge is -2.31. The van der Waals surface area contributed by atoms with Crippen molar-refractivity contribution < 1.29 is 0 Å². The number of rotatable bonds is 4. The smallest absolute Gasteiger partial charge is 0.0675 e. The van der Waals surface area contributed by atoms with Crippen LogP contribution in [-0.2, 0) is 25.9 Å². The summed E-state index contributed by atoms with van der Waals surface area (Å²) >= 11 is 6.62. The fourth-order valence-electron chi connectivity index (χ4n) is 4.07. The quantitative estimate of drug-likeness (QED) is 0.618. The van der Waals surface area contributed by atoms with Gasteiger partial charge in [0.15, 0.2) is 0 Å². The predicted molar refractivity (Wildman–Crippen MR) is 106 cm³/mol. The first kappa shape index (κ1) is 16.7. The SMILES string of the molecule is CC1Cc2c(c3cccc(Cl)c3n2CCCc2ccccc2)CN1C. The van der Waals surface area contributed by atoms with Gasteiger partial charge in [-0.1, -0.05) is 54.1 Å². The first-order valence-electron chi connectivity index (χ1n) is 9.18. The molecule has 3 aromatic rings. The molecule has 0 fully saturated rings. The van der Waals surface area contributed by atoms with E-state index in [9.17, 15) is 0 Å². The molecule has 2 aromatic carbocycles. The molecule has 130 valence electrons. The van der Waals surface area contributed by atoms with Gasteiger partial charge in [-0.2, -0.15) is 0 Å². The van der Waals surface area contributed by atoms with Crippen molar-refractivity contribution in [3.63, 3.8) is 0 Å². The lowest BCUT2D eigenvalue weighted by molar-refractivity contribution is 0.228. The minimum atomic E-state index is 0.573. The van der Waals surface area contributed by atoms with E-state index in [0.29, 0.717) is 6.04 Å². The molecule has 1 unspecified atom stereocenters. The van der Waals surface area contributed by atoms with Crippen LogP contribution in [-0.4, -0.2) is 22.6 Å². The summed E-state index contributed by atoms with van der Waals surface area (Å²) in [7, 11) is 2.22. The Balaban J connectivity index is 1.69. The molecule has 1 atom stereocenters. The van der Waals surface area contributed by atoms with Gasteiger partial charge in [0.25, 0.3) is 0 Å². The van der Waals surface area contributed by atoms with Gasteiger partial charge in [0.1, 0.15) is 0 Å². The van der Waals surface area contributed by atoms with Crippen LogP contribution in [0.15, 0.2) is 48.5 Å². The third kappa shape index (κ3) is 3.09. The molecule has 1 aromatic heterocycles. The van der Waals surface area contributed by atoms with Crippen molar-refractivity contribution in [2.24, 2.45) is 0 Å². The zero-order valence-electron chi connectivity index (χ0n) is 15.0. The molecule has 0 saturated carbocycles. The Morgan fingerprint density at radius 2 is 1.88 bits per heavy atom. The van der Waals surface area contributed by atoms with E-state index >= 15 is 0 Å². The van der Waals surface area contributed by atoms with Crippen LogP contribution in [0.4, 0.5) is 0 Å². The van der Waals surface area contributed by atoms with E-state index in [1.54, 1.807) is 0 Å². The number of benzene rings is 2. The first-order valence-corrected chi connectivity index (χ1v) is 9.55. The summed E-state index contributed by atoms with van der Waals surface area (Å²) in [5.74, 6) is 0. The number of hydrogen-bond donors (Lipinski definition) is 0. The minimum Gasteiger partial charge on any atom is -0.343 e. The molecule has 0 aliphatic carbocycles. The zero-order chi connectivity index (χ0) is 17.4. The van der Waals surface area contributed by atoms with Gasteiger partial charge >= 0.3 is 0 Å². The Morgan fingerprint density at radius 3 is 2.68 bits per heavy atom. The topological polar surface area (TPSA) is 8.17 Å². The molecule has 4 rings (SSSR count). The number of aromatic nitrogens is 1. The average molecular weight is 353 g/mol. The number of hydrogen-bond acceptors (Lipinski definition) is 1. The van der Waals surface area contributed by atoms with E-state index in [0.717, 1.165) is 37.4 Å². The predicted octanol–water partition coefficient (Wildman–Crippen LogP) is 5.30. The largest absolute Gasteiger partial charge is 0.343 e. The highest BCUT2D eigenvalue weighted by atomic mass is 35.5. The summed E-state index contributed by atoms with van der Waals surface area (Å²) in [6, 6.07) is 17.7. The number of para-hydroxylation sites is 1. The molecule has 0 radical (unpaired) electrons. The Kier molecular flexibility index (Phi) is 4.58. The second-order valence-electron chi connectivity index (χ2n) is 7.27. The van der Waals surface area contributed by atoms with Crippen LogP contribution < -0.4 is 0 Å². The van der Waals surface area contributed by atoms with Crippen molar-refractivity contribution in [1.29, 1.82) is 0 Å². The van der Waals surface area contributed by atoms with Crippen LogP contribution >= 0.6 is 11.6 Å². The van der Waals surface area contributed by atoms with Gasteiger partial charge in [-0.25, -0.2) is 0 Å². The maximum Gasteiger partial charge on any atom is 0.0675 e. The maximum atomic E-state index is 6.62. The van der Waals surface area contributed by atoms with Gasteiger partial charge in [0.2, 0.25) is 0 Å². The standard InChI is InChI=1S/C22H25ClN2/c1-16-14-21-19(15-24(16)2)18-11-6-12-20(23)22(18)25(21)13-7-10-17-8-4-3-5-9-17/h3-6,8-9,11-12,16H,7,10,13-15H2,1-2H3. The maximum absolute atomic E-state index is 6.62. The van der Waals surface area contributed by atoms with Gasteiger partial charge in [0.05, 0.1) is 10.5 Å². The Hall–Kier alpha value is -1.77. The Bertz CT molecular complexity index is 882. The minimum absolute atomic E-state index is 0.573. The van der Waals surface area contributed by atoms with Crippen molar-refractivity contribution in [1.82, 2.24) is 9.47 Å². The molecule has 1 aliphatic rings. The van der Waals surface area contributed by atoms with Gasteiger partial charge < -0.3 is 4.57 Å². The summed E-state index contributed by atoms with van der Waals surface area (Å²) < 4.78 is 2.50. The van der Waals surface area contributed by atoms with Gasteiger partial charge in [0, 0.05) is 36.6 Å². The fraction of sp³-hybridized carbons (Fsp3) is 0.364. The van der Waals surface area contributed by atoms with E-state index in [-0.39, 0.29) is 0 Å². The van der Waals surface area contributed by atoms with E-state index in [1.165, 1.54) is 27.7 Å². The van der Waals surface area contributed by atoms with Gasteiger partial charge in [-0.3, -0.25) is 4.90 Å². The Morgan fingerprint density at radius 1 is 1.08 bits per heavy atom. The number of likely N-dealkylation sites (N-methyl/N-ethyl adjacent to an activating group) is 1. The molecule has 3 heteroatoms. The second-order valence-corrected chi connectivity index (χ2v) is 7.68. The first-order chi connectivity index (χ1) is 12.1. The van der Waals surface area contributed by atoms with Crippen molar-refractivity contribution >= 4 is 22.5 Å². The Labute approximate surface area is 155 Å². The number of fused-ring (bicyclic) bond motifs is 3. The number of aryl methyl sites for hydroxylation is 2. The molecule has 25 heavy (non-hydrogen) atoms. The number of nitrogens with zero attached hydrogens (tertiary/aromatic N) is 2. The lowest BCUT2D eigenvalue weighted by Crippen LogP contribution is -2.35. The molecule has 2 nitrogen and oxygen atoms in total. The van der Waals surface area contributed by atoms with Crippen LogP contribution in [0.5, 0.6) is 0 Å². The molecule has 2 heterocycles. The highest BCUT2D eigenvalue weighted by Gasteiger charge is 2.27.